The molecule has 3 aromatic rings. The summed E-state index contributed by atoms with van der Waals surface area (Å²) in [6.45, 7) is 0.583. The molecule has 0 atom stereocenters. The topological polar surface area (TPSA) is 79.6 Å². The Hall–Kier alpha value is -2.21. The van der Waals surface area contributed by atoms with Crippen LogP contribution >= 0.6 is 0 Å². The van der Waals surface area contributed by atoms with E-state index in [1.54, 1.807) is 17.1 Å². The summed E-state index contributed by atoms with van der Waals surface area (Å²) >= 11 is 0. The van der Waals surface area contributed by atoms with Gasteiger partial charge >= 0.3 is 0 Å². The maximum absolute atomic E-state index is 8.83. The van der Waals surface area contributed by atoms with Crippen LogP contribution in [0, 0.1) is 0 Å². The Morgan fingerprint density at radius 1 is 1.35 bits per heavy atom. The molecule has 0 saturated heterocycles. The standard InChI is InChI=1S/C11H11N5O/c17-2-1-16-6-9(5-14-16)10-3-8-4-12-7-13-11(8)15-10/h3-7,17H,1-2H2,(H,12,13,15). The third-order valence-corrected chi connectivity index (χ3v) is 2.57. The van der Waals surface area contributed by atoms with Gasteiger partial charge in [0.1, 0.15) is 12.0 Å². The van der Waals surface area contributed by atoms with E-state index in [0.717, 1.165) is 22.3 Å². The molecule has 86 valence electrons. The van der Waals surface area contributed by atoms with Gasteiger partial charge in [0.25, 0.3) is 0 Å². The van der Waals surface area contributed by atoms with Gasteiger partial charge in [-0.25, -0.2) is 9.97 Å². The highest BCUT2D eigenvalue weighted by molar-refractivity contribution is 5.81. The molecule has 0 bridgehead atoms. The molecule has 6 heteroatoms. The fourth-order valence-electron chi connectivity index (χ4n) is 1.75. The molecule has 0 amide bonds. The number of nitrogens with zero attached hydrogens (tertiary/aromatic N) is 4. The Balaban J connectivity index is 2.01. The molecule has 2 N–H and O–H groups in total. The van der Waals surface area contributed by atoms with Crippen molar-refractivity contribution in [3.8, 4) is 11.3 Å². The molecule has 0 fully saturated rings. The Bertz CT molecular complexity index is 609. The van der Waals surface area contributed by atoms with Crippen molar-refractivity contribution < 1.29 is 5.11 Å². The molecule has 0 aliphatic heterocycles. The number of aliphatic hydroxyl groups excluding tert-OH is 1. The van der Waals surface area contributed by atoms with Crippen molar-refractivity contribution in [3.63, 3.8) is 0 Å². The second kappa shape index (κ2) is 3.99. The molecule has 6 nitrogen and oxygen atoms in total. The van der Waals surface area contributed by atoms with Crippen LogP contribution in [-0.4, -0.2) is 36.4 Å². The lowest BCUT2D eigenvalue weighted by Crippen LogP contribution is -2.01. The molecule has 0 aromatic carbocycles. The number of nitrogens with one attached hydrogen (secondary N) is 1. The van der Waals surface area contributed by atoms with Gasteiger partial charge in [0.05, 0.1) is 25.0 Å². The molecule has 0 aliphatic rings. The van der Waals surface area contributed by atoms with Crippen LogP contribution in [0.2, 0.25) is 0 Å². The van der Waals surface area contributed by atoms with Crippen LogP contribution in [0.15, 0.2) is 31.0 Å². The van der Waals surface area contributed by atoms with E-state index in [2.05, 4.69) is 20.1 Å². The lowest BCUT2D eigenvalue weighted by atomic mass is 10.2. The Morgan fingerprint density at radius 3 is 3.12 bits per heavy atom. The Labute approximate surface area is 96.9 Å². The highest BCUT2D eigenvalue weighted by Crippen LogP contribution is 2.21. The van der Waals surface area contributed by atoms with Gasteiger partial charge in [0.15, 0.2) is 0 Å². The number of H-pyrrole nitrogens is 1. The minimum Gasteiger partial charge on any atom is -0.394 e. The highest BCUT2D eigenvalue weighted by atomic mass is 16.3. The molecule has 3 aromatic heterocycles. The van der Waals surface area contributed by atoms with E-state index in [0.29, 0.717) is 6.54 Å². The van der Waals surface area contributed by atoms with Gasteiger partial charge in [-0.2, -0.15) is 5.10 Å². The summed E-state index contributed by atoms with van der Waals surface area (Å²) < 4.78 is 1.70. The van der Waals surface area contributed by atoms with Gasteiger partial charge in [-0.3, -0.25) is 4.68 Å². The van der Waals surface area contributed by atoms with E-state index < -0.39 is 0 Å². The predicted molar refractivity (Wildman–Crippen MR) is 62.2 cm³/mol. The molecule has 3 heterocycles. The van der Waals surface area contributed by atoms with Crippen molar-refractivity contribution in [1.82, 2.24) is 24.7 Å². The van der Waals surface area contributed by atoms with Gasteiger partial charge < -0.3 is 10.1 Å². The smallest absolute Gasteiger partial charge is 0.141 e. The van der Waals surface area contributed by atoms with Crippen LogP contribution in [0.25, 0.3) is 22.3 Å². The van der Waals surface area contributed by atoms with Crippen molar-refractivity contribution in [2.45, 2.75) is 6.54 Å². The normalized spacial score (nSPS) is 11.1. The number of aliphatic hydroxyl groups is 1. The average molecular weight is 229 g/mol. The largest absolute Gasteiger partial charge is 0.394 e. The Morgan fingerprint density at radius 2 is 2.29 bits per heavy atom. The number of aromatic amines is 1. The second-order valence-corrected chi connectivity index (χ2v) is 3.73. The number of fused-ring (bicyclic) bond motifs is 1. The summed E-state index contributed by atoms with van der Waals surface area (Å²) in [6, 6.07) is 1.98. The number of hydrogen-bond donors (Lipinski definition) is 2. The number of rotatable bonds is 3. The lowest BCUT2D eigenvalue weighted by molar-refractivity contribution is 0.269. The molecule has 0 radical (unpaired) electrons. The zero-order valence-corrected chi connectivity index (χ0v) is 9.04. The van der Waals surface area contributed by atoms with Crippen LogP contribution < -0.4 is 0 Å². The molecule has 0 saturated carbocycles. The third kappa shape index (κ3) is 1.78. The van der Waals surface area contributed by atoms with E-state index in [9.17, 15) is 0 Å². The van der Waals surface area contributed by atoms with Gasteiger partial charge in [-0.1, -0.05) is 0 Å². The molecule has 17 heavy (non-hydrogen) atoms. The highest BCUT2D eigenvalue weighted by Gasteiger charge is 2.06. The van der Waals surface area contributed by atoms with Crippen molar-refractivity contribution in [2.24, 2.45) is 0 Å². The van der Waals surface area contributed by atoms with Crippen molar-refractivity contribution in [2.75, 3.05) is 6.61 Å². The van der Waals surface area contributed by atoms with E-state index >= 15 is 0 Å². The fraction of sp³-hybridized carbons (Fsp3) is 0.182. The molecule has 0 spiro atoms. The first-order chi connectivity index (χ1) is 8.36. The van der Waals surface area contributed by atoms with Crippen LogP contribution in [0.5, 0.6) is 0 Å². The zero-order chi connectivity index (χ0) is 11.7. The maximum Gasteiger partial charge on any atom is 0.141 e. The summed E-state index contributed by atoms with van der Waals surface area (Å²) in [5, 5.41) is 13.9. The monoisotopic (exact) mass is 229 g/mol. The number of aromatic nitrogens is 5. The fourth-order valence-corrected chi connectivity index (χ4v) is 1.75. The Kier molecular flexibility index (Phi) is 2.34. The van der Waals surface area contributed by atoms with Gasteiger partial charge in [0, 0.05) is 23.3 Å². The summed E-state index contributed by atoms with van der Waals surface area (Å²) in [7, 11) is 0. The van der Waals surface area contributed by atoms with Gasteiger partial charge in [0.2, 0.25) is 0 Å². The van der Waals surface area contributed by atoms with E-state index in [1.807, 2.05) is 12.3 Å². The summed E-state index contributed by atoms with van der Waals surface area (Å²) in [4.78, 5) is 11.3. The third-order valence-electron chi connectivity index (χ3n) is 2.57. The van der Waals surface area contributed by atoms with E-state index in [-0.39, 0.29) is 6.61 Å². The second-order valence-electron chi connectivity index (χ2n) is 3.73. The number of hydrogen-bond acceptors (Lipinski definition) is 4. The van der Waals surface area contributed by atoms with Crippen LogP contribution in [0.3, 0.4) is 0 Å². The van der Waals surface area contributed by atoms with Crippen molar-refractivity contribution in [3.05, 3.63) is 31.0 Å². The summed E-state index contributed by atoms with van der Waals surface area (Å²) in [5.74, 6) is 0. The molecule has 0 aliphatic carbocycles. The van der Waals surface area contributed by atoms with Crippen LogP contribution in [0.1, 0.15) is 0 Å². The first-order valence-electron chi connectivity index (χ1n) is 5.29. The van der Waals surface area contributed by atoms with Crippen LogP contribution in [0.4, 0.5) is 0 Å². The van der Waals surface area contributed by atoms with Gasteiger partial charge in [-0.15, -0.1) is 0 Å². The predicted octanol–water partition coefficient (Wildman–Crippen LogP) is 0.814. The maximum atomic E-state index is 8.83. The molecular weight excluding hydrogens is 218 g/mol. The average Bonchev–Trinajstić information content (AvgIpc) is 2.94. The van der Waals surface area contributed by atoms with Gasteiger partial charge in [-0.05, 0) is 6.07 Å². The lowest BCUT2D eigenvalue weighted by Gasteiger charge is -1.94. The quantitative estimate of drug-likeness (QED) is 0.696. The zero-order valence-electron chi connectivity index (χ0n) is 9.04. The summed E-state index contributed by atoms with van der Waals surface area (Å²) in [5.41, 5.74) is 2.73. The van der Waals surface area contributed by atoms with E-state index in [4.69, 9.17) is 5.11 Å². The molecular formula is C11H11N5O. The van der Waals surface area contributed by atoms with Crippen molar-refractivity contribution in [1.29, 1.82) is 0 Å². The SMILES string of the molecule is OCCn1cc(-c2cc3cncnc3[nH]2)cn1. The first kappa shape index (κ1) is 9.98. The molecule has 3 rings (SSSR count). The minimum absolute atomic E-state index is 0.0826. The van der Waals surface area contributed by atoms with E-state index in [1.165, 1.54) is 6.33 Å². The van der Waals surface area contributed by atoms with Crippen molar-refractivity contribution >= 4 is 11.0 Å². The first-order valence-corrected chi connectivity index (χ1v) is 5.29. The summed E-state index contributed by atoms with van der Waals surface area (Å²) in [6.07, 6.45) is 6.92. The molecule has 0 unspecified atom stereocenters. The minimum atomic E-state index is 0.0826. The van der Waals surface area contributed by atoms with Crippen LogP contribution in [-0.2, 0) is 6.54 Å².